The average molecular weight is 410 g/mol. The Labute approximate surface area is 156 Å². The van der Waals surface area contributed by atoms with Crippen molar-refractivity contribution in [3.05, 3.63) is 65.8 Å². The monoisotopic (exact) mass is 410 g/mol. The van der Waals surface area contributed by atoms with Gasteiger partial charge in [0.15, 0.2) is 0 Å². The zero-order valence-electron chi connectivity index (χ0n) is 14.3. The summed E-state index contributed by atoms with van der Waals surface area (Å²) in [6.07, 6.45) is 0. The predicted octanol–water partition coefficient (Wildman–Crippen LogP) is 5.07. The molecule has 0 bridgehead atoms. The molecule has 0 N–H and O–H groups in total. The minimum Gasteiger partial charge on any atom is -0.583 e. The maximum Gasteiger partial charge on any atom is 0.530 e. The van der Waals surface area contributed by atoms with Crippen molar-refractivity contribution in [3.63, 3.8) is 0 Å². The van der Waals surface area contributed by atoms with Gasteiger partial charge < -0.3 is 18.7 Å². The zero-order chi connectivity index (χ0) is 18.8. The molecule has 2 heterocycles. The molecule has 2 fully saturated rings. The Bertz CT molecular complexity index is 776. The fourth-order valence-electron chi connectivity index (χ4n) is 2.55. The number of nitrogens with zero attached hydrogens (tertiary/aromatic N) is 1. The van der Waals surface area contributed by atoms with Crippen LogP contribution in [0.4, 0.5) is 5.69 Å². The maximum atomic E-state index is 12.6. The van der Waals surface area contributed by atoms with Crippen LogP contribution in [-0.2, 0) is 27.2 Å². The molecular formula is C17H18NO7P2-. The van der Waals surface area contributed by atoms with Gasteiger partial charge in [0.2, 0.25) is 0 Å². The first-order valence-corrected chi connectivity index (χ1v) is 11.3. The smallest absolute Gasteiger partial charge is 0.530 e. The summed E-state index contributed by atoms with van der Waals surface area (Å²) in [6.45, 7) is 0.156. The van der Waals surface area contributed by atoms with Crippen LogP contribution >= 0.6 is 15.6 Å². The second-order valence-corrected chi connectivity index (χ2v) is 9.60. The molecule has 0 saturated carbocycles. The van der Waals surface area contributed by atoms with Crippen LogP contribution in [0.1, 0.15) is 0 Å². The van der Waals surface area contributed by atoms with Gasteiger partial charge in [-0.15, -0.1) is 5.69 Å². The summed E-state index contributed by atoms with van der Waals surface area (Å²) in [5.41, 5.74) is -0.206. The lowest BCUT2D eigenvalue weighted by atomic mass is 9.93. The van der Waals surface area contributed by atoms with E-state index in [1.54, 1.807) is 48.5 Å². The van der Waals surface area contributed by atoms with Gasteiger partial charge in [-0.3, -0.25) is 13.6 Å². The molecule has 144 valence electrons. The molecule has 2 aromatic rings. The van der Waals surface area contributed by atoms with Crippen LogP contribution < -0.4 is 4.52 Å². The first kappa shape index (κ1) is 18.7. The summed E-state index contributed by atoms with van der Waals surface area (Å²) in [7, 11) is -7.32. The Balaban J connectivity index is 1.35. The molecule has 2 aliphatic rings. The standard InChI is InChI=1S/C17H18NO7P2/c19-26(18-15-7-3-1-4-8-15)21-11-17(12-22-26)13-23-27(20,24-14-17)25-16-9-5-2-6-10-16/h1-10H,11-14H2/q-1. The third-order valence-electron chi connectivity index (χ3n) is 4.08. The van der Waals surface area contributed by atoms with Crippen molar-refractivity contribution in [1.29, 1.82) is 0 Å². The lowest BCUT2D eigenvalue weighted by molar-refractivity contribution is -0.0761. The molecule has 0 amide bonds. The molecule has 27 heavy (non-hydrogen) atoms. The van der Waals surface area contributed by atoms with Crippen molar-refractivity contribution >= 4 is 21.3 Å². The fourth-order valence-corrected chi connectivity index (χ4v) is 5.45. The largest absolute Gasteiger partial charge is 0.583 e. The van der Waals surface area contributed by atoms with Gasteiger partial charge in [-0.25, -0.2) is 4.57 Å². The SMILES string of the molecule is O=P1([N-]c2ccccc2)OCC2(CO1)COP(=O)(Oc1ccccc1)OC2. The van der Waals surface area contributed by atoms with Crippen molar-refractivity contribution in [1.82, 2.24) is 0 Å². The number of benzene rings is 2. The first-order valence-electron chi connectivity index (χ1n) is 8.30. The zero-order valence-corrected chi connectivity index (χ0v) is 16.1. The Morgan fingerprint density at radius 3 is 1.89 bits per heavy atom. The van der Waals surface area contributed by atoms with Crippen LogP contribution in [0.15, 0.2) is 60.7 Å². The molecule has 2 aromatic carbocycles. The van der Waals surface area contributed by atoms with Crippen LogP contribution in [0, 0.1) is 5.41 Å². The van der Waals surface area contributed by atoms with Crippen LogP contribution in [0.5, 0.6) is 5.75 Å². The normalized spacial score (nSPS) is 33.5. The van der Waals surface area contributed by atoms with E-state index in [1.165, 1.54) is 0 Å². The number of phosphoric ester groups is 1. The summed E-state index contributed by atoms with van der Waals surface area (Å²) in [5.74, 6) is 0.388. The van der Waals surface area contributed by atoms with E-state index in [4.69, 9.17) is 22.6 Å². The summed E-state index contributed by atoms with van der Waals surface area (Å²) in [4.78, 5) is 0. The van der Waals surface area contributed by atoms with E-state index in [0.29, 0.717) is 11.4 Å². The Morgan fingerprint density at radius 1 is 0.778 bits per heavy atom. The summed E-state index contributed by atoms with van der Waals surface area (Å²) in [5, 5.41) is 4.06. The topological polar surface area (TPSA) is 94.4 Å². The van der Waals surface area contributed by atoms with Crippen molar-refractivity contribution < 1.29 is 31.7 Å². The third kappa shape index (κ3) is 4.43. The van der Waals surface area contributed by atoms with E-state index in [0.717, 1.165) is 0 Å². The molecule has 0 atom stereocenters. The van der Waals surface area contributed by atoms with Gasteiger partial charge in [-0.05, 0) is 12.1 Å². The fraction of sp³-hybridized carbons (Fsp3) is 0.294. The van der Waals surface area contributed by atoms with Crippen molar-refractivity contribution in [3.8, 4) is 5.75 Å². The van der Waals surface area contributed by atoms with Crippen molar-refractivity contribution in [2.75, 3.05) is 26.4 Å². The average Bonchev–Trinajstić information content (AvgIpc) is 2.69. The Kier molecular flexibility index (Phi) is 5.12. The highest BCUT2D eigenvalue weighted by atomic mass is 31.2. The highest BCUT2D eigenvalue weighted by molar-refractivity contribution is 7.57. The number of para-hydroxylation sites is 1. The van der Waals surface area contributed by atoms with Crippen LogP contribution in [0.2, 0.25) is 0 Å². The van der Waals surface area contributed by atoms with Gasteiger partial charge in [-0.1, -0.05) is 48.5 Å². The number of rotatable bonds is 4. The number of hydrogen-bond donors (Lipinski definition) is 0. The molecule has 0 unspecified atom stereocenters. The number of hydrogen-bond acceptors (Lipinski definition) is 7. The van der Waals surface area contributed by atoms with E-state index in [2.05, 4.69) is 5.09 Å². The predicted molar refractivity (Wildman–Crippen MR) is 98.0 cm³/mol. The minimum atomic E-state index is -3.72. The van der Waals surface area contributed by atoms with E-state index >= 15 is 0 Å². The van der Waals surface area contributed by atoms with E-state index in [1.807, 2.05) is 12.1 Å². The molecule has 0 radical (unpaired) electrons. The Hall–Kier alpha value is -1.66. The van der Waals surface area contributed by atoms with E-state index in [9.17, 15) is 9.13 Å². The molecule has 8 nitrogen and oxygen atoms in total. The summed E-state index contributed by atoms with van der Waals surface area (Å²) >= 11 is 0. The molecule has 1 spiro atoms. The summed E-state index contributed by atoms with van der Waals surface area (Å²) < 4.78 is 52.2. The molecule has 10 heteroatoms. The Morgan fingerprint density at radius 2 is 1.30 bits per heavy atom. The minimum absolute atomic E-state index is 0.0302. The molecule has 2 saturated heterocycles. The van der Waals surface area contributed by atoms with Crippen LogP contribution in [-0.4, -0.2) is 26.4 Å². The molecule has 0 aliphatic carbocycles. The molecular weight excluding hydrogens is 392 g/mol. The quantitative estimate of drug-likeness (QED) is 0.650. The van der Waals surface area contributed by atoms with Gasteiger partial charge in [0.1, 0.15) is 5.75 Å². The van der Waals surface area contributed by atoms with Gasteiger partial charge >= 0.3 is 7.82 Å². The highest BCUT2D eigenvalue weighted by Crippen LogP contribution is 2.64. The molecule has 4 rings (SSSR count). The summed E-state index contributed by atoms with van der Waals surface area (Å²) in [6, 6.07) is 17.5. The second-order valence-electron chi connectivity index (χ2n) is 6.35. The lowest BCUT2D eigenvalue weighted by Gasteiger charge is -2.45. The van der Waals surface area contributed by atoms with Crippen LogP contribution in [0.3, 0.4) is 0 Å². The first-order chi connectivity index (χ1) is 13.0. The second kappa shape index (κ2) is 7.40. The van der Waals surface area contributed by atoms with Gasteiger partial charge in [0.25, 0.3) is 7.75 Å². The van der Waals surface area contributed by atoms with Crippen LogP contribution in [0.25, 0.3) is 5.09 Å². The highest BCUT2D eigenvalue weighted by Gasteiger charge is 2.48. The van der Waals surface area contributed by atoms with Gasteiger partial charge in [0.05, 0.1) is 31.8 Å². The lowest BCUT2D eigenvalue weighted by Crippen LogP contribution is -2.45. The molecule has 0 aromatic heterocycles. The van der Waals surface area contributed by atoms with Crippen molar-refractivity contribution in [2.45, 2.75) is 0 Å². The number of phosphoric acid groups is 1. The third-order valence-corrected chi connectivity index (χ3v) is 6.79. The van der Waals surface area contributed by atoms with Gasteiger partial charge in [0, 0.05) is 0 Å². The molecule has 2 aliphatic heterocycles. The maximum absolute atomic E-state index is 12.6. The van der Waals surface area contributed by atoms with Gasteiger partial charge in [-0.2, -0.15) is 0 Å². The van der Waals surface area contributed by atoms with Crippen molar-refractivity contribution in [2.24, 2.45) is 5.41 Å². The van der Waals surface area contributed by atoms with E-state index in [-0.39, 0.29) is 26.4 Å². The van der Waals surface area contributed by atoms with E-state index < -0.39 is 21.0 Å².